The van der Waals surface area contributed by atoms with Gasteiger partial charge in [-0.1, -0.05) is 0 Å². The van der Waals surface area contributed by atoms with Gasteiger partial charge >= 0.3 is 0 Å². The van der Waals surface area contributed by atoms with Crippen LogP contribution in [-0.4, -0.2) is 12.5 Å². The third-order valence-corrected chi connectivity index (χ3v) is 3.03. The van der Waals surface area contributed by atoms with Crippen molar-refractivity contribution in [3.05, 3.63) is 59.4 Å². The molecule has 0 aliphatic rings. The lowest BCUT2D eigenvalue weighted by molar-refractivity contribution is 0.0980. The summed E-state index contributed by atoms with van der Waals surface area (Å²) in [5.41, 5.74) is 4.67. The number of anilines is 2. The molecule has 0 aliphatic carbocycles. The van der Waals surface area contributed by atoms with Crippen molar-refractivity contribution in [2.75, 3.05) is 17.2 Å². The molecule has 21 heavy (non-hydrogen) atoms. The van der Waals surface area contributed by atoms with Crippen LogP contribution in [0.5, 0.6) is 0 Å². The minimum Gasteiger partial charge on any atom is -0.396 e. The molecular weight excluding hydrogens is 281 g/mol. The number of hydrogen-bond acceptors (Lipinski definition) is 2. The Balaban J connectivity index is 2.46. The average molecular weight is 294 g/mol. The molecule has 0 heterocycles. The van der Waals surface area contributed by atoms with Crippen LogP contribution in [0.15, 0.2) is 36.4 Å². The molecule has 0 spiro atoms. The summed E-state index contributed by atoms with van der Waals surface area (Å²) in [6.45, 7) is 1.81. The fourth-order valence-electron chi connectivity index (χ4n) is 1.96. The van der Waals surface area contributed by atoms with Gasteiger partial charge in [0.15, 0.2) is 5.82 Å². The number of benzene rings is 2. The molecule has 2 N–H and O–H groups in total. The maximum atomic E-state index is 13.9. The molecule has 0 aliphatic heterocycles. The Kier molecular flexibility index (Phi) is 4.16. The van der Waals surface area contributed by atoms with E-state index in [1.54, 1.807) is 6.92 Å². The van der Waals surface area contributed by atoms with Gasteiger partial charge in [-0.15, -0.1) is 0 Å². The first kappa shape index (κ1) is 14.9. The van der Waals surface area contributed by atoms with E-state index in [2.05, 4.69) is 0 Å². The van der Waals surface area contributed by atoms with Gasteiger partial charge in [0.2, 0.25) is 0 Å². The molecule has 110 valence electrons. The molecule has 6 heteroatoms. The second kappa shape index (κ2) is 5.87. The van der Waals surface area contributed by atoms with E-state index in [0.29, 0.717) is 5.69 Å². The van der Waals surface area contributed by atoms with Crippen LogP contribution in [0.4, 0.5) is 24.5 Å². The highest BCUT2D eigenvalue weighted by Crippen LogP contribution is 2.23. The Labute approximate surface area is 119 Å². The highest BCUT2D eigenvalue weighted by atomic mass is 19.1. The molecule has 0 saturated carbocycles. The van der Waals surface area contributed by atoms with Gasteiger partial charge in [0.25, 0.3) is 5.91 Å². The Morgan fingerprint density at radius 2 is 1.71 bits per heavy atom. The van der Waals surface area contributed by atoms with Crippen LogP contribution in [0, 0.1) is 17.5 Å². The minimum absolute atomic E-state index is 0.165. The molecule has 2 aromatic rings. The summed E-state index contributed by atoms with van der Waals surface area (Å²) in [5.74, 6) is -3.43. The highest BCUT2D eigenvalue weighted by molar-refractivity contribution is 6.06. The molecule has 0 aromatic heterocycles. The topological polar surface area (TPSA) is 46.3 Å². The smallest absolute Gasteiger partial charge is 0.264 e. The van der Waals surface area contributed by atoms with Crippen LogP contribution < -0.4 is 10.6 Å². The third kappa shape index (κ3) is 2.84. The minimum atomic E-state index is -1.10. The molecule has 0 radical (unpaired) electrons. The molecule has 2 rings (SSSR count). The monoisotopic (exact) mass is 294 g/mol. The van der Waals surface area contributed by atoms with Gasteiger partial charge in [0, 0.05) is 12.2 Å². The number of nitrogens with zero attached hydrogens (tertiary/aromatic N) is 1. The summed E-state index contributed by atoms with van der Waals surface area (Å²) in [4.78, 5) is 13.5. The zero-order valence-electron chi connectivity index (χ0n) is 11.2. The number of rotatable bonds is 3. The van der Waals surface area contributed by atoms with E-state index in [0.717, 1.165) is 29.2 Å². The van der Waals surface area contributed by atoms with E-state index >= 15 is 0 Å². The van der Waals surface area contributed by atoms with Gasteiger partial charge in [0.05, 0.1) is 5.69 Å². The third-order valence-electron chi connectivity index (χ3n) is 3.03. The molecule has 0 bridgehead atoms. The summed E-state index contributed by atoms with van der Waals surface area (Å²) < 4.78 is 40.6. The quantitative estimate of drug-likeness (QED) is 0.882. The standard InChI is InChI=1S/C15H13F3N2O/c1-2-20(10-5-3-9(16)4-6-10)15(21)13-11(17)7-8-12(19)14(13)18/h3-8H,2,19H2,1H3. The second-order valence-electron chi connectivity index (χ2n) is 4.35. The number of hydrogen-bond donors (Lipinski definition) is 1. The first-order chi connectivity index (χ1) is 9.95. The second-order valence-corrected chi connectivity index (χ2v) is 4.35. The van der Waals surface area contributed by atoms with E-state index < -0.39 is 28.9 Å². The highest BCUT2D eigenvalue weighted by Gasteiger charge is 2.24. The summed E-state index contributed by atoms with van der Waals surface area (Å²) in [5, 5.41) is 0. The lowest BCUT2D eigenvalue weighted by Gasteiger charge is -2.21. The van der Waals surface area contributed by atoms with Gasteiger partial charge < -0.3 is 10.6 Å². The van der Waals surface area contributed by atoms with Gasteiger partial charge in [-0.05, 0) is 43.3 Å². The van der Waals surface area contributed by atoms with Crippen molar-refractivity contribution in [2.45, 2.75) is 6.92 Å². The van der Waals surface area contributed by atoms with E-state index in [1.807, 2.05) is 0 Å². The number of nitrogen functional groups attached to an aromatic ring is 1. The van der Waals surface area contributed by atoms with E-state index in [1.165, 1.54) is 12.1 Å². The van der Waals surface area contributed by atoms with Crippen LogP contribution >= 0.6 is 0 Å². The number of carbonyl (C=O) groups is 1. The zero-order chi connectivity index (χ0) is 15.6. The summed E-state index contributed by atoms with van der Waals surface area (Å²) in [6.07, 6.45) is 0. The Morgan fingerprint density at radius 3 is 2.29 bits per heavy atom. The number of nitrogens with two attached hydrogens (primary N) is 1. The average Bonchev–Trinajstić information content (AvgIpc) is 2.46. The molecule has 1 amide bonds. The Hall–Kier alpha value is -2.50. The van der Waals surface area contributed by atoms with Gasteiger partial charge in [0.1, 0.15) is 17.2 Å². The van der Waals surface area contributed by atoms with E-state index in [4.69, 9.17) is 5.73 Å². The van der Waals surface area contributed by atoms with Crippen LogP contribution in [0.25, 0.3) is 0 Å². The van der Waals surface area contributed by atoms with Crippen molar-refractivity contribution in [2.24, 2.45) is 0 Å². The molecule has 3 nitrogen and oxygen atoms in total. The lowest BCUT2D eigenvalue weighted by Crippen LogP contribution is -2.32. The first-order valence-electron chi connectivity index (χ1n) is 6.26. The number of carbonyl (C=O) groups excluding carboxylic acids is 1. The summed E-state index contributed by atoms with van der Waals surface area (Å²) in [6, 6.07) is 7.03. The molecule has 0 unspecified atom stereocenters. The van der Waals surface area contributed by atoms with Crippen LogP contribution in [0.1, 0.15) is 17.3 Å². The maximum absolute atomic E-state index is 13.9. The molecular formula is C15H13F3N2O. The largest absolute Gasteiger partial charge is 0.396 e. The molecule has 0 atom stereocenters. The maximum Gasteiger partial charge on any atom is 0.264 e. The van der Waals surface area contributed by atoms with Crippen molar-refractivity contribution in [1.82, 2.24) is 0 Å². The van der Waals surface area contributed by atoms with Gasteiger partial charge in [-0.2, -0.15) is 0 Å². The van der Waals surface area contributed by atoms with Crippen LogP contribution in [0.3, 0.4) is 0 Å². The van der Waals surface area contributed by atoms with Crippen molar-refractivity contribution in [3.63, 3.8) is 0 Å². The molecule has 0 fully saturated rings. The first-order valence-corrected chi connectivity index (χ1v) is 6.26. The number of amides is 1. The van der Waals surface area contributed by atoms with Crippen molar-refractivity contribution in [1.29, 1.82) is 0 Å². The van der Waals surface area contributed by atoms with E-state index in [9.17, 15) is 18.0 Å². The zero-order valence-corrected chi connectivity index (χ0v) is 11.2. The predicted octanol–water partition coefficient (Wildman–Crippen LogP) is 3.35. The summed E-state index contributed by atoms with van der Waals surface area (Å²) >= 11 is 0. The normalized spacial score (nSPS) is 10.5. The van der Waals surface area contributed by atoms with Crippen LogP contribution in [-0.2, 0) is 0 Å². The lowest BCUT2D eigenvalue weighted by atomic mass is 10.1. The fourth-order valence-corrected chi connectivity index (χ4v) is 1.96. The predicted molar refractivity (Wildman–Crippen MR) is 74.5 cm³/mol. The van der Waals surface area contributed by atoms with Crippen molar-refractivity contribution in [3.8, 4) is 0 Å². The SMILES string of the molecule is CCN(C(=O)c1c(F)ccc(N)c1F)c1ccc(F)cc1. The van der Waals surface area contributed by atoms with Crippen LogP contribution in [0.2, 0.25) is 0 Å². The molecule has 2 aromatic carbocycles. The molecule has 0 saturated heterocycles. The van der Waals surface area contributed by atoms with Gasteiger partial charge in [-0.3, -0.25) is 4.79 Å². The number of halogens is 3. The van der Waals surface area contributed by atoms with Crippen molar-refractivity contribution < 1.29 is 18.0 Å². The fraction of sp³-hybridized carbons (Fsp3) is 0.133. The van der Waals surface area contributed by atoms with E-state index in [-0.39, 0.29) is 12.2 Å². The Morgan fingerprint density at radius 1 is 1.10 bits per heavy atom. The van der Waals surface area contributed by atoms with Crippen molar-refractivity contribution >= 4 is 17.3 Å². The Bertz CT molecular complexity index is 671. The van der Waals surface area contributed by atoms with Gasteiger partial charge in [-0.25, -0.2) is 13.2 Å². The summed E-state index contributed by atoms with van der Waals surface area (Å²) in [7, 11) is 0.